The third-order valence-electron chi connectivity index (χ3n) is 3.28. The molecule has 0 radical (unpaired) electrons. The van der Waals surface area contributed by atoms with E-state index in [0.29, 0.717) is 0 Å². The summed E-state index contributed by atoms with van der Waals surface area (Å²) in [7, 11) is 0. The Morgan fingerprint density at radius 1 is 1.21 bits per heavy atom. The smallest absolute Gasteiger partial charge is 0.201 e. The minimum absolute atomic E-state index is 0.104. The highest BCUT2D eigenvalue weighted by Crippen LogP contribution is 2.27. The minimum Gasteiger partial charge on any atom is -0.355 e. The van der Waals surface area contributed by atoms with Crippen molar-refractivity contribution in [1.82, 2.24) is 9.97 Å². The van der Waals surface area contributed by atoms with E-state index in [1.807, 2.05) is 24.3 Å². The Labute approximate surface area is 116 Å². The lowest BCUT2D eigenvalue weighted by Crippen LogP contribution is -2.26. The van der Waals surface area contributed by atoms with Crippen LogP contribution in [0.15, 0.2) is 41.8 Å². The number of benzene rings is 1. The Morgan fingerprint density at radius 3 is 2.79 bits per heavy atom. The Hall–Kier alpha value is -1.81. The average molecular weight is 271 g/mol. The molecule has 1 aromatic carbocycles. The minimum atomic E-state index is 0.104. The summed E-state index contributed by atoms with van der Waals surface area (Å²) in [6.45, 7) is 5.34. The maximum atomic E-state index is 4.53. The Bertz CT molecular complexity index is 635. The van der Waals surface area contributed by atoms with Gasteiger partial charge in [-0.05, 0) is 23.6 Å². The van der Waals surface area contributed by atoms with Gasteiger partial charge in [-0.3, -0.25) is 0 Å². The molecule has 0 atom stereocenters. The van der Waals surface area contributed by atoms with Gasteiger partial charge < -0.3 is 10.3 Å². The molecule has 2 heterocycles. The van der Waals surface area contributed by atoms with Crippen molar-refractivity contribution in [2.45, 2.75) is 19.3 Å². The van der Waals surface area contributed by atoms with Crippen LogP contribution < -0.4 is 5.32 Å². The molecule has 0 spiro atoms. The van der Waals surface area contributed by atoms with Gasteiger partial charge in [0.05, 0.1) is 11.0 Å². The van der Waals surface area contributed by atoms with E-state index in [1.165, 1.54) is 4.88 Å². The summed E-state index contributed by atoms with van der Waals surface area (Å²) in [6.07, 6.45) is 0. The topological polar surface area (TPSA) is 40.7 Å². The van der Waals surface area contributed by atoms with E-state index in [-0.39, 0.29) is 5.41 Å². The highest BCUT2D eigenvalue weighted by atomic mass is 32.1. The van der Waals surface area contributed by atoms with Gasteiger partial charge in [0.1, 0.15) is 0 Å². The summed E-state index contributed by atoms with van der Waals surface area (Å²) in [5.74, 6) is 0.839. The molecule has 0 saturated carbocycles. The van der Waals surface area contributed by atoms with E-state index in [0.717, 1.165) is 23.5 Å². The summed E-state index contributed by atoms with van der Waals surface area (Å²) in [5.41, 5.74) is 2.17. The van der Waals surface area contributed by atoms with Crippen molar-refractivity contribution in [3.05, 3.63) is 46.7 Å². The fourth-order valence-corrected chi connectivity index (χ4v) is 2.94. The zero-order valence-electron chi connectivity index (χ0n) is 11.1. The second kappa shape index (κ2) is 4.70. The van der Waals surface area contributed by atoms with Crippen LogP contribution >= 0.6 is 11.3 Å². The molecule has 3 nitrogen and oxygen atoms in total. The number of hydrogen-bond acceptors (Lipinski definition) is 3. The molecule has 0 aliphatic rings. The molecule has 0 unspecified atom stereocenters. The molecular weight excluding hydrogens is 254 g/mol. The molecule has 98 valence electrons. The first-order valence-electron chi connectivity index (χ1n) is 6.38. The van der Waals surface area contributed by atoms with Crippen molar-refractivity contribution in [3.8, 4) is 0 Å². The van der Waals surface area contributed by atoms with E-state index in [9.17, 15) is 0 Å². The maximum absolute atomic E-state index is 4.53. The number of nitrogens with one attached hydrogen (secondary N) is 2. The van der Waals surface area contributed by atoms with Crippen LogP contribution in [0, 0.1) is 0 Å². The van der Waals surface area contributed by atoms with Crippen molar-refractivity contribution in [2.24, 2.45) is 0 Å². The lowest BCUT2D eigenvalue weighted by atomic mass is 9.91. The molecule has 0 fully saturated rings. The van der Waals surface area contributed by atoms with Gasteiger partial charge in [-0.2, -0.15) is 0 Å². The fraction of sp³-hybridized carbons (Fsp3) is 0.267. The van der Waals surface area contributed by atoms with Crippen LogP contribution in [0.25, 0.3) is 11.0 Å². The lowest BCUT2D eigenvalue weighted by molar-refractivity contribution is 0.567. The predicted molar refractivity (Wildman–Crippen MR) is 81.9 cm³/mol. The van der Waals surface area contributed by atoms with Gasteiger partial charge in [0.15, 0.2) is 0 Å². The number of thiophene rings is 1. The monoisotopic (exact) mass is 271 g/mol. The van der Waals surface area contributed by atoms with Crippen LogP contribution in [-0.4, -0.2) is 16.5 Å². The highest BCUT2D eigenvalue weighted by molar-refractivity contribution is 7.10. The third-order valence-corrected chi connectivity index (χ3v) is 4.51. The SMILES string of the molecule is CC(C)(CNc1nc2ccccc2[nH]1)c1cccs1. The van der Waals surface area contributed by atoms with Gasteiger partial charge in [0, 0.05) is 16.8 Å². The van der Waals surface area contributed by atoms with Gasteiger partial charge in [-0.25, -0.2) is 4.98 Å². The van der Waals surface area contributed by atoms with Gasteiger partial charge in [0.2, 0.25) is 5.95 Å². The van der Waals surface area contributed by atoms with Crippen molar-refractivity contribution < 1.29 is 0 Å². The summed E-state index contributed by atoms with van der Waals surface area (Å²) < 4.78 is 0. The van der Waals surface area contributed by atoms with Crippen LogP contribution in [0.2, 0.25) is 0 Å². The average Bonchev–Trinajstić information content (AvgIpc) is 3.05. The summed E-state index contributed by atoms with van der Waals surface area (Å²) >= 11 is 1.80. The van der Waals surface area contributed by atoms with E-state index in [4.69, 9.17) is 0 Å². The fourth-order valence-electron chi connectivity index (χ4n) is 2.09. The molecule has 19 heavy (non-hydrogen) atoms. The predicted octanol–water partition coefficient (Wildman–Crippen LogP) is 4.01. The van der Waals surface area contributed by atoms with Gasteiger partial charge in [0.25, 0.3) is 0 Å². The number of aromatic amines is 1. The lowest BCUT2D eigenvalue weighted by Gasteiger charge is -2.23. The zero-order valence-corrected chi connectivity index (χ0v) is 11.9. The number of rotatable bonds is 4. The first-order valence-corrected chi connectivity index (χ1v) is 7.26. The molecule has 2 N–H and O–H groups in total. The molecule has 2 aromatic heterocycles. The van der Waals surface area contributed by atoms with Crippen molar-refractivity contribution in [3.63, 3.8) is 0 Å². The number of H-pyrrole nitrogens is 1. The van der Waals surface area contributed by atoms with Crippen LogP contribution in [0.1, 0.15) is 18.7 Å². The maximum Gasteiger partial charge on any atom is 0.201 e. The molecule has 3 rings (SSSR count). The summed E-state index contributed by atoms with van der Waals surface area (Å²) in [5, 5.41) is 5.53. The Kier molecular flexibility index (Phi) is 3.03. The van der Waals surface area contributed by atoms with E-state index < -0.39 is 0 Å². The Morgan fingerprint density at radius 2 is 2.05 bits per heavy atom. The second-order valence-electron chi connectivity index (χ2n) is 5.32. The molecule has 3 aromatic rings. The number of imidazole rings is 1. The standard InChI is InChI=1S/C15H17N3S/c1-15(2,13-8-5-9-19-13)10-16-14-17-11-6-3-4-7-12(11)18-14/h3-9H,10H2,1-2H3,(H2,16,17,18). The largest absolute Gasteiger partial charge is 0.355 e. The molecular formula is C15H17N3S. The molecule has 0 saturated heterocycles. The van der Waals surface area contributed by atoms with Crippen molar-refractivity contribution in [2.75, 3.05) is 11.9 Å². The number of anilines is 1. The van der Waals surface area contributed by atoms with Crippen LogP contribution in [-0.2, 0) is 5.41 Å². The molecule has 0 amide bonds. The zero-order chi connectivity index (χ0) is 13.3. The number of aromatic nitrogens is 2. The Balaban J connectivity index is 1.75. The number of para-hydroxylation sites is 2. The van der Waals surface area contributed by atoms with E-state index in [1.54, 1.807) is 11.3 Å². The van der Waals surface area contributed by atoms with Crippen LogP contribution in [0.4, 0.5) is 5.95 Å². The van der Waals surface area contributed by atoms with E-state index in [2.05, 4.69) is 46.6 Å². The first-order chi connectivity index (χ1) is 9.15. The first kappa shape index (κ1) is 12.2. The van der Waals surface area contributed by atoms with Gasteiger partial charge in [-0.1, -0.05) is 32.0 Å². The number of fused-ring (bicyclic) bond motifs is 1. The van der Waals surface area contributed by atoms with Crippen molar-refractivity contribution in [1.29, 1.82) is 0 Å². The van der Waals surface area contributed by atoms with Crippen molar-refractivity contribution >= 4 is 28.3 Å². The highest BCUT2D eigenvalue weighted by Gasteiger charge is 2.21. The summed E-state index contributed by atoms with van der Waals surface area (Å²) in [4.78, 5) is 9.21. The third kappa shape index (κ3) is 2.49. The second-order valence-corrected chi connectivity index (χ2v) is 6.26. The van der Waals surface area contributed by atoms with Gasteiger partial charge in [-0.15, -0.1) is 11.3 Å². The number of nitrogens with zero attached hydrogens (tertiary/aromatic N) is 1. The van der Waals surface area contributed by atoms with E-state index >= 15 is 0 Å². The number of hydrogen-bond donors (Lipinski definition) is 2. The molecule has 4 heteroatoms. The molecule has 0 aliphatic heterocycles. The quantitative estimate of drug-likeness (QED) is 0.752. The molecule has 0 aliphatic carbocycles. The normalized spacial score (nSPS) is 11.9. The van der Waals surface area contributed by atoms with Crippen LogP contribution in [0.3, 0.4) is 0 Å². The van der Waals surface area contributed by atoms with Crippen LogP contribution in [0.5, 0.6) is 0 Å². The summed E-state index contributed by atoms with van der Waals surface area (Å²) in [6, 6.07) is 12.4. The molecule has 0 bridgehead atoms. The van der Waals surface area contributed by atoms with Gasteiger partial charge >= 0.3 is 0 Å².